The third kappa shape index (κ3) is 5.17. The number of aromatic nitrogens is 1. The summed E-state index contributed by atoms with van der Waals surface area (Å²) in [5.74, 6) is -0.524. The van der Waals surface area contributed by atoms with Crippen molar-refractivity contribution in [3.8, 4) is 5.75 Å². The fraction of sp³-hybridized carbons (Fsp3) is 0.286. The Labute approximate surface area is 188 Å². The molecule has 0 saturated heterocycles. The average molecular weight is 479 g/mol. The first-order valence-electron chi connectivity index (χ1n) is 9.70. The number of nitrogens with zero attached hydrogens (tertiary/aromatic N) is 2. The summed E-state index contributed by atoms with van der Waals surface area (Å²) in [5.41, 5.74) is 0.855. The summed E-state index contributed by atoms with van der Waals surface area (Å²) in [5, 5.41) is 0. The number of thiazole rings is 1. The van der Waals surface area contributed by atoms with Gasteiger partial charge in [-0.2, -0.15) is 8.42 Å². The van der Waals surface area contributed by atoms with Crippen molar-refractivity contribution in [2.24, 2.45) is 4.40 Å². The number of ether oxygens (including phenoxy) is 3. The molecule has 0 atom stereocenters. The van der Waals surface area contributed by atoms with E-state index in [-0.39, 0.29) is 29.5 Å². The molecule has 0 spiro atoms. The predicted molar refractivity (Wildman–Crippen MR) is 118 cm³/mol. The number of carbonyl (C=O) groups is 2. The summed E-state index contributed by atoms with van der Waals surface area (Å²) in [6.45, 7) is 3.56. The molecule has 0 aliphatic carbocycles. The van der Waals surface area contributed by atoms with Crippen molar-refractivity contribution in [3.05, 3.63) is 52.8 Å². The third-order valence-corrected chi connectivity index (χ3v) is 6.78. The topological polar surface area (TPSA) is 113 Å². The van der Waals surface area contributed by atoms with Crippen molar-refractivity contribution in [3.63, 3.8) is 0 Å². The maximum absolute atomic E-state index is 12.9. The molecule has 9 nitrogen and oxygen atoms in total. The van der Waals surface area contributed by atoms with E-state index < -0.39 is 22.0 Å². The summed E-state index contributed by atoms with van der Waals surface area (Å²) >= 11 is 1.04. The average Bonchev–Trinajstić information content (AvgIpc) is 3.09. The molecule has 0 unspecified atom stereocenters. The van der Waals surface area contributed by atoms with Gasteiger partial charge in [-0.05, 0) is 56.3 Å². The summed E-state index contributed by atoms with van der Waals surface area (Å²) in [6, 6.07) is 10.6. The Balaban J connectivity index is 2.15. The van der Waals surface area contributed by atoms with Gasteiger partial charge in [0.15, 0.2) is 0 Å². The number of esters is 2. The molecule has 1 heterocycles. The highest BCUT2D eigenvalue weighted by Gasteiger charge is 2.18. The van der Waals surface area contributed by atoms with Gasteiger partial charge in [-0.1, -0.05) is 11.3 Å². The first-order valence-corrected chi connectivity index (χ1v) is 12.0. The minimum atomic E-state index is -4.08. The number of rotatable bonds is 8. The Bertz CT molecular complexity index is 1310. The van der Waals surface area contributed by atoms with E-state index in [2.05, 4.69) is 4.40 Å². The first kappa shape index (κ1) is 23.5. The molecule has 0 fully saturated rings. The minimum absolute atomic E-state index is 0.0225. The molecule has 32 heavy (non-hydrogen) atoms. The molecule has 170 valence electrons. The van der Waals surface area contributed by atoms with Gasteiger partial charge in [-0.25, -0.2) is 4.79 Å². The summed E-state index contributed by atoms with van der Waals surface area (Å²) < 4.78 is 46.9. The van der Waals surface area contributed by atoms with Crippen LogP contribution in [0.3, 0.4) is 0 Å². The lowest BCUT2D eigenvalue weighted by Crippen LogP contribution is -2.23. The van der Waals surface area contributed by atoms with Gasteiger partial charge in [0.2, 0.25) is 4.80 Å². The molecule has 0 amide bonds. The van der Waals surface area contributed by atoms with Gasteiger partial charge in [0.25, 0.3) is 10.0 Å². The Morgan fingerprint density at radius 1 is 1.03 bits per heavy atom. The molecule has 0 radical (unpaired) electrons. The van der Waals surface area contributed by atoms with Crippen molar-refractivity contribution in [2.45, 2.75) is 25.3 Å². The number of methoxy groups -OCH3 is 1. The van der Waals surface area contributed by atoms with Crippen LogP contribution in [0.4, 0.5) is 0 Å². The molecule has 0 aliphatic rings. The Kier molecular flexibility index (Phi) is 7.31. The largest absolute Gasteiger partial charge is 0.497 e. The Hall–Kier alpha value is -3.18. The van der Waals surface area contributed by atoms with Crippen LogP contribution in [-0.2, 0) is 30.8 Å². The summed E-state index contributed by atoms with van der Waals surface area (Å²) in [4.78, 5) is 24.3. The predicted octanol–water partition coefficient (Wildman–Crippen LogP) is 2.74. The van der Waals surface area contributed by atoms with Gasteiger partial charge in [0.05, 0.1) is 41.0 Å². The van der Waals surface area contributed by atoms with E-state index in [9.17, 15) is 18.0 Å². The van der Waals surface area contributed by atoms with Crippen LogP contribution in [0.1, 0.15) is 24.2 Å². The maximum Gasteiger partial charge on any atom is 0.338 e. The van der Waals surface area contributed by atoms with Gasteiger partial charge in [0.1, 0.15) is 12.3 Å². The minimum Gasteiger partial charge on any atom is -0.497 e. The van der Waals surface area contributed by atoms with E-state index in [0.717, 1.165) is 11.3 Å². The number of benzene rings is 2. The molecule has 3 rings (SSSR count). The summed E-state index contributed by atoms with van der Waals surface area (Å²) in [7, 11) is -2.60. The van der Waals surface area contributed by atoms with Crippen molar-refractivity contribution >= 4 is 43.5 Å². The number of hydrogen-bond acceptors (Lipinski definition) is 8. The van der Waals surface area contributed by atoms with E-state index in [0.29, 0.717) is 21.5 Å². The van der Waals surface area contributed by atoms with E-state index in [1.54, 1.807) is 32.0 Å². The van der Waals surface area contributed by atoms with Crippen LogP contribution in [0.25, 0.3) is 10.2 Å². The van der Waals surface area contributed by atoms with Gasteiger partial charge in [0, 0.05) is 0 Å². The zero-order valence-electron chi connectivity index (χ0n) is 17.7. The SMILES string of the molecule is CCOC(=O)Cn1c(=NS(=O)(=O)c2ccc(OC)cc2)sc2cc(C(=O)OCC)ccc21. The van der Waals surface area contributed by atoms with Gasteiger partial charge in [-0.3, -0.25) is 4.79 Å². The molecule has 3 aromatic rings. The molecule has 0 N–H and O–H groups in total. The highest BCUT2D eigenvalue weighted by Crippen LogP contribution is 2.22. The van der Waals surface area contributed by atoms with E-state index in [1.165, 1.54) is 35.9 Å². The van der Waals surface area contributed by atoms with Crippen LogP contribution >= 0.6 is 11.3 Å². The van der Waals surface area contributed by atoms with Crippen LogP contribution in [0, 0.1) is 0 Å². The van der Waals surface area contributed by atoms with E-state index in [4.69, 9.17) is 14.2 Å². The van der Waals surface area contributed by atoms with Gasteiger partial charge in [-0.15, -0.1) is 4.40 Å². The first-order chi connectivity index (χ1) is 15.3. The van der Waals surface area contributed by atoms with E-state index >= 15 is 0 Å². The number of fused-ring (bicyclic) bond motifs is 1. The molecule has 1 aromatic heterocycles. The highest BCUT2D eigenvalue weighted by atomic mass is 32.2. The second-order valence-electron chi connectivity index (χ2n) is 6.42. The van der Waals surface area contributed by atoms with Crippen molar-refractivity contribution < 1.29 is 32.2 Å². The third-order valence-electron chi connectivity index (χ3n) is 4.34. The van der Waals surface area contributed by atoms with Crippen LogP contribution < -0.4 is 9.54 Å². The van der Waals surface area contributed by atoms with E-state index in [1.807, 2.05) is 0 Å². The molecule has 0 bridgehead atoms. The molecule has 0 saturated carbocycles. The van der Waals surface area contributed by atoms with Gasteiger partial charge >= 0.3 is 11.9 Å². The standard InChI is InChI=1S/C21H22N2O7S2/c1-4-29-19(24)13-23-17-11-6-14(20(25)30-5-2)12-18(17)31-21(23)22-32(26,27)16-9-7-15(28-3)8-10-16/h6-12H,4-5,13H2,1-3H3. The van der Waals surface area contributed by atoms with Crippen molar-refractivity contribution in [1.29, 1.82) is 0 Å². The van der Waals surface area contributed by atoms with Crippen molar-refractivity contribution in [2.75, 3.05) is 20.3 Å². The van der Waals surface area contributed by atoms with Crippen LogP contribution in [0.2, 0.25) is 0 Å². The second kappa shape index (κ2) is 9.96. The molecular formula is C21H22N2O7S2. The Morgan fingerprint density at radius 2 is 1.72 bits per heavy atom. The molecule has 2 aromatic carbocycles. The van der Waals surface area contributed by atoms with Gasteiger partial charge < -0.3 is 18.8 Å². The fourth-order valence-electron chi connectivity index (χ4n) is 2.88. The number of carbonyl (C=O) groups excluding carboxylic acids is 2. The fourth-order valence-corrected chi connectivity index (χ4v) is 5.15. The highest BCUT2D eigenvalue weighted by molar-refractivity contribution is 7.90. The molecule has 0 aliphatic heterocycles. The van der Waals surface area contributed by atoms with Crippen molar-refractivity contribution in [1.82, 2.24) is 4.57 Å². The lowest BCUT2D eigenvalue weighted by molar-refractivity contribution is -0.143. The maximum atomic E-state index is 12.9. The smallest absolute Gasteiger partial charge is 0.338 e. The van der Waals surface area contributed by atoms with Crippen LogP contribution in [0.5, 0.6) is 5.75 Å². The van der Waals surface area contributed by atoms with Crippen LogP contribution in [-0.4, -0.2) is 45.2 Å². The van der Waals surface area contributed by atoms with Crippen LogP contribution in [0.15, 0.2) is 51.8 Å². The molecule has 11 heteroatoms. The number of sulfonamides is 1. The quantitative estimate of drug-likeness (QED) is 0.458. The Morgan fingerprint density at radius 3 is 2.34 bits per heavy atom. The molecular weight excluding hydrogens is 456 g/mol. The monoisotopic (exact) mass is 478 g/mol. The normalized spacial score (nSPS) is 12.0. The lowest BCUT2D eigenvalue weighted by atomic mass is 10.2. The number of hydrogen-bond donors (Lipinski definition) is 0. The zero-order valence-corrected chi connectivity index (χ0v) is 19.4. The zero-order chi connectivity index (χ0) is 23.3. The summed E-state index contributed by atoms with van der Waals surface area (Å²) in [6.07, 6.45) is 0. The second-order valence-corrected chi connectivity index (χ2v) is 9.03. The lowest BCUT2D eigenvalue weighted by Gasteiger charge is -2.06.